The van der Waals surface area contributed by atoms with Crippen molar-refractivity contribution in [2.75, 3.05) is 0 Å². The van der Waals surface area contributed by atoms with Crippen LogP contribution in [0.1, 0.15) is 32.1 Å². The summed E-state index contributed by atoms with van der Waals surface area (Å²) >= 11 is 0. The third-order valence-corrected chi connectivity index (χ3v) is 4.77. The number of rotatable bonds is 1. The van der Waals surface area contributed by atoms with Gasteiger partial charge in [-0.25, -0.2) is 8.78 Å². The molecular formula is C8H11F3O2S. The molecule has 2 rings (SSSR count). The Bertz CT molecular complexity index is 342. The van der Waals surface area contributed by atoms with Gasteiger partial charge in [0.1, 0.15) is 0 Å². The van der Waals surface area contributed by atoms with E-state index in [-0.39, 0.29) is 32.1 Å². The fourth-order valence-electron chi connectivity index (χ4n) is 2.35. The van der Waals surface area contributed by atoms with E-state index in [2.05, 4.69) is 0 Å². The molecule has 0 amide bonds. The van der Waals surface area contributed by atoms with Gasteiger partial charge in [0.15, 0.2) is 0 Å². The molecule has 0 aliphatic heterocycles. The number of halogens is 3. The van der Waals surface area contributed by atoms with Crippen molar-refractivity contribution in [2.45, 2.75) is 43.3 Å². The Morgan fingerprint density at radius 1 is 1.14 bits per heavy atom. The molecule has 6 heteroatoms. The second-order valence-electron chi connectivity index (χ2n) is 4.34. The second-order valence-corrected chi connectivity index (χ2v) is 5.95. The molecule has 0 bridgehead atoms. The van der Waals surface area contributed by atoms with Crippen LogP contribution >= 0.6 is 0 Å². The van der Waals surface area contributed by atoms with E-state index >= 15 is 0 Å². The van der Waals surface area contributed by atoms with Crippen LogP contribution in [0.3, 0.4) is 0 Å². The number of hydrogen-bond donors (Lipinski definition) is 0. The van der Waals surface area contributed by atoms with Crippen LogP contribution in [0.4, 0.5) is 12.7 Å². The minimum atomic E-state index is -4.53. The summed E-state index contributed by atoms with van der Waals surface area (Å²) in [5.41, 5.74) is -0.992. The predicted molar refractivity (Wildman–Crippen MR) is 44.3 cm³/mol. The number of alkyl halides is 2. The molecule has 0 atom stereocenters. The summed E-state index contributed by atoms with van der Waals surface area (Å²) in [5, 5.41) is -1.05. The van der Waals surface area contributed by atoms with Crippen LogP contribution in [0.25, 0.3) is 0 Å². The van der Waals surface area contributed by atoms with Crippen LogP contribution in [0.15, 0.2) is 0 Å². The molecule has 0 radical (unpaired) electrons. The van der Waals surface area contributed by atoms with Gasteiger partial charge in [0, 0.05) is 11.8 Å². The Balaban J connectivity index is 2.01. The van der Waals surface area contributed by atoms with Crippen molar-refractivity contribution < 1.29 is 21.1 Å². The molecule has 0 unspecified atom stereocenters. The topological polar surface area (TPSA) is 34.1 Å². The van der Waals surface area contributed by atoms with Gasteiger partial charge in [-0.2, -0.15) is 8.42 Å². The van der Waals surface area contributed by atoms with Crippen molar-refractivity contribution in [1.29, 1.82) is 0 Å². The minimum Gasteiger partial charge on any atom is -0.206 e. The quantitative estimate of drug-likeness (QED) is 0.645. The highest BCUT2D eigenvalue weighted by Gasteiger charge is 2.70. The van der Waals surface area contributed by atoms with Crippen molar-refractivity contribution >= 4 is 10.2 Å². The van der Waals surface area contributed by atoms with Crippen molar-refractivity contribution in [3.63, 3.8) is 0 Å². The first-order valence-electron chi connectivity index (χ1n) is 4.58. The molecule has 82 valence electrons. The number of hydrogen-bond acceptors (Lipinski definition) is 2. The largest absolute Gasteiger partial charge is 0.305 e. The Hall–Kier alpha value is -0.260. The Morgan fingerprint density at radius 3 is 1.86 bits per heavy atom. The first-order chi connectivity index (χ1) is 6.27. The zero-order valence-electron chi connectivity index (χ0n) is 7.47. The zero-order valence-corrected chi connectivity index (χ0v) is 8.29. The monoisotopic (exact) mass is 228 g/mol. The van der Waals surface area contributed by atoms with Gasteiger partial charge in [0.05, 0.1) is 5.25 Å². The van der Waals surface area contributed by atoms with E-state index in [0.29, 0.717) is 0 Å². The van der Waals surface area contributed by atoms with Gasteiger partial charge in [0.2, 0.25) is 0 Å². The third-order valence-electron chi connectivity index (χ3n) is 3.50. The van der Waals surface area contributed by atoms with Gasteiger partial charge in [-0.1, -0.05) is 0 Å². The van der Waals surface area contributed by atoms with Gasteiger partial charge in [0.25, 0.3) is 5.92 Å². The standard InChI is InChI=1S/C8H11F3O2S/c9-8(10)5-7(8)3-1-6(2-4-7)14(11,12)13/h6H,1-5H2. The van der Waals surface area contributed by atoms with Crippen LogP contribution in [0.2, 0.25) is 0 Å². The molecule has 2 saturated carbocycles. The Kier molecular flexibility index (Phi) is 1.94. The van der Waals surface area contributed by atoms with Crippen LogP contribution in [0.5, 0.6) is 0 Å². The zero-order chi connectivity index (χ0) is 10.6. The Labute approximate surface area is 80.7 Å². The summed E-state index contributed by atoms with van der Waals surface area (Å²) in [5.74, 6) is -2.64. The summed E-state index contributed by atoms with van der Waals surface area (Å²) in [7, 11) is -4.53. The van der Waals surface area contributed by atoms with Crippen molar-refractivity contribution in [3.8, 4) is 0 Å². The summed E-state index contributed by atoms with van der Waals surface area (Å²) in [6.45, 7) is 0. The van der Waals surface area contributed by atoms with Crippen LogP contribution in [-0.2, 0) is 10.2 Å². The summed E-state index contributed by atoms with van der Waals surface area (Å²) in [6.07, 6.45) is 0.184. The average molecular weight is 228 g/mol. The SMILES string of the molecule is O=S(=O)(F)C1CCC2(CC1)CC2(F)F. The predicted octanol–water partition coefficient (Wildman–Crippen LogP) is 2.25. The lowest BCUT2D eigenvalue weighted by Crippen LogP contribution is -2.27. The van der Waals surface area contributed by atoms with Crippen molar-refractivity contribution in [2.24, 2.45) is 5.41 Å². The molecule has 0 aromatic rings. The highest BCUT2D eigenvalue weighted by molar-refractivity contribution is 7.87. The van der Waals surface area contributed by atoms with E-state index in [0.717, 1.165) is 0 Å². The fourth-order valence-corrected chi connectivity index (χ4v) is 3.15. The molecule has 0 aromatic carbocycles. The molecule has 0 aromatic heterocycles. The highest BCUT2D eigenvalue weighted by atomic mass is 32.3. The van der Waals surface area contributed by atoms with E-state index in [1.807, 2.05) is 0 Å². The summed E-state index contributed by atoms with van der Waals surface area (Å²) in [6, 6.07) is 0. The summed E-state index contributed by atoms with van der Waals surface area (Å²) < 4.78 is 59.3. The van der Waals surface area contributed by atoms with Gasteiger partial charge in [-0.15, -0.1) is 3.89 Å². The van der Waals surface area contributed by atoms with Crippen molar-refractivity contribution in [1.82, 2.24) is 0 Å². The first-order valence-corrected chi connectivity index (χ1v) is 6.03. The summed E-state index contributed by atoms with van der Waals surface area (Å²) in [4.78, 5) is 0. The lowest BCUT2D eigenvalue weighted by molar-refractivity contribution is 0.0483. The molecule has 0 heterocycles. The maximum absolute atomic E-state index is 12.9. The second kappa shape index (κ2) is 2.65. The lowest BCUT2D eigenvalue weighted by atomic mass is 9.85. The minimum absolute atomic E-state index is 0.0361. The van der Waals surface area contributed by atoms with E-state index in [9.17, 15) is 21.1 Å². The molecule has 1 spiro atoms. The van der Waals surface area contributed by atoms with Gasteiger partial charge < -0.3 is 0 Å². The molecule has 2 nitrogen and oxygen atoms in total. The van der Waals surface area contributed by atoms with E-state index < -0.39 is 26.8 Å². The van der Waals surface area contributed by atoms with Crippen LogP contribution in [0, 0.1) is 5.41 Å². The molecule has 2 aliphatic rings. The molecule has 2 fully saturated rings. The van der Waals surface area contributed by atoms with Crippen LogP contribution < -0.4 is 0 Å². The van der Waals surface area contributed by atoms with E-state index in [4.69, 9.17) is 0 Å². The lowest BCUT2D eigenvalue weighted by Gasteiger charge is -2.25. The van der Waals surface area contributed by atoms with E-state index in [1.165, 1.54) is 0 Å². The third kappa shape index (κ3) is 1.43. The van der Waals surface area contributed by atoms with E-state index in [1.54, 1.807) is 0 Å². The normalized spacial score (nSPS) is 41.2. The fraction of sp³-hybridized carbons (Fsp3) is 1.00. The Morgan fingerprint density at radius 2 is 1.57 bits per heavy atom. The highest BCUT2D eigenvalue weighted by Crippen LogP contribution is 2.67. The van der Waals surface area contributed by atoms with Gasteiger partial charge in [-0.05, 0) is 25.7 Å². The molecule has 2 aliphatic carbocycles. The molecule has 0 N–H and O–H groups in total. The maximum atomic E-state index is 12.9. The smallest absolute Gasteiger partial charge is 0.206 e. The molecule has 0 saturated heterocycles. The van der Waals surface area contributed by atoms with Gasteiger partial charge >= 0.3 is 10.2 Å². The van der Waals surface area contributed by atoms with Crippen molar-refractivity contribution in [3.05, 3.63) is 0 Å². The first kappa shape index (κ1) is 10.3. The molecular weight excluding hydrogens is 217 g/mol. The average Bonchev–Trinajstić information content (AvgIpc) is 2.51. The maximum Gasteiger partial charge on any atom is 0.305 e. The van der Waals surface area contributed by atoms with Gasteiger partial charge in [-0.3, -0.25) is 0 Å². The van der Waals surface area contributed by atoms with Crippen LogP contribution in [-0.4, -0.2) is 19.6 Å². The molecule has 14 heavy (non-hydrogen) atoms.